The molecule has 0 aromatic heterocycles. The van der Waals surface area contributed by atoms with E-state index in [4.69, 9.17) is 0 Å². The Labute approximate surface area is 134 Å². The first-order valence-corrected chi connectivity index (χ1v) is 6.40. The van der Waals surface area contributed by atoms with Crippen LogP contribution in [0.25, 0.3) is 11.1 Å². The van der Waals surface area contributed by atoms with Gasteiger partial charge >= 0.3 is 0 Å². The van der Waals surface area contributed by atoms with E-state index in [0.717, 1.165) is 0 Å². The minimum absolute atomic E-state index is 0. The van der Waals surface area contributed by atoms with Gasteiger partial charge in [0.05, 0.1) is 0 Å². The highest BCUT2D eigenvalue weighted by Gasteiger charge is 2.34. The first-order valence-electron chi connectivity index (χ1n) is 6.40. The van der Waals surface area contributed by atoms with E-state index in [9.17, 15) is 0 Å². The lowest BCUT2D eigenvalue weighted by atomic mass is 9.82. The molecular weight excluding hydrogens is 252 g/mol. The second kappa shape index (κ2) is 9.39. The maximum absolute atomic E-state index is 2.30. The number of hydrogen-bond acceptors (Lipinski definition) is 0. The van der Waals surface area contributed by atoms with Crippen molar-refractivity contribution in [1.82, 2.24) is 0 Å². The Morgan fingerprint density at radius 1 is 0.571 bits per heavy atom. The second-order valence-corrected chi connectivity index (χ2v) is 4.72. The quantitative estimate of drug-likeness (QED) is 0.469. The molecule has 1 aliphatic carbocycles. The molecule has 0 bridgehead atoms. The molecule has 0 nitrogen and oxygen atoms in total. The molecule has 0 amide bonds. The molecule has 2 aromatic rings. The lowest BCUT2D eigenvalue weighted by molar-refractivity contribution is 0.660. The van der Waals surface area contributed by atoms with Gasteiger partial charge in [-0.05, 0) is 22.3 Å². The third-order valence-electron chi connectivity index (χ3n) is 3.49. The molecule has 120 valence electrons. The number of benzene rings is 2. The Bertz CT molecular complexity index is 474. The van der Waals surface area contributed by atoms with Gasteiger partial charge in [-0.1, -0.05) is 106 Å². The first kappa shape index (κ1) is 24.5. The van der Waals surface area contributed by atoms with Crippen molar-refractivity contribution in [3.63, 3.8) is 0 Å². The van der Waals surface area contributed by atoms with Crippen LogP contribution in [0, 0.1) is 0 Å². The van der Waals surface area contributed by atoms with Crippen molar-refractivity contribution in [1.29, 1.82) is 0 Å². The first-order chi connectivity index (χ1) is 8.21. The highest BCUT2D eigenvalue weighted by atomic mass is 14.4. The molecule has 0 saturated heterocycles. The van der Waals surface area contributed by atoms with E-state index < -0.39 is 0 Å². The van der Waals surface area contributed by atoms with Crippen LogP contribution in [0.1, 0.15) is 68.5 Å². The van der Waals surface area contributed by atoms with Gasteiger partial charge in [0.1, 0.15) is 0 Å². The van der Waals surface area contributed by atoms with Crippen molar-refractivity contribution in [3.05, 3.63) is 59.7 Å². The van der Waals surface area contributed by atoms with E-state index in [2.05, 4.69) is 62.4 Å². The molecule has 2 aromatic carbocycles. The van der Waals surface area contributed by atoms with E-state index in [0.29, 0.717) is 0 Å². The van der Waals surface area contributed by atoms with Gasteiger partial charge in [-0.25, -0.2) is 0 Å². The topological polar surface area (TPSA) is 0 Å². The molecule has 0 radical (unpaired) electrons. The fraction of sp³-hybridized carbons (Fsp3) is 0.429. The standard InChI is InChI=1S/C15H14.C2H6.4CH4/c1-15(2)13-9-5-3-7-11(13)12-8-4-6-10-14(12)15;1-2;;;;/h3-10H,1-2H3;1-2H3;4*1H4. The van der Waals surface area contributed by atoms with E-state index in [-0.39, 0.29) is 35.1 Å². The van der Waals surface area contributed by atoms with Crippen molar-refractivity contribution in [2.24, 2.45) is 0 Å². The van der Waals surface area contributed by atoms with Crippen LogP contribution < -0.4 is 0 Å². The Morgan fingerprint density at radius 3 is 1.19 bits per heavy atom. The third-order valence-corrected chi connectivity index (χ3v) is 3.49. The molecule has 1 aliphatic rings. The second-order valence-electron chi connectivity index (χ2n) is 4.72. The maximum atomic E-state index is 2.30. The summed E-state index contributed by atoms with van der Waals surface area (Å²) in [6.07, 6.45) is 0. The smallest absolute Gasteiger partial charge is 0.0158 e. The number of hydrogen-bond donors (Lipinski definition) is 0. The molecule has 0 unspecified atom stereocenters. The van der Waals surface area contributed by atoms with Crippen LogP contribution in [-0.2, 0) is 5.41 Å². The molecule has 0 saturated carbocycles. The third kappa shape index (κ3) is 3.75. The highest BCUT2D eigenvalue weighted by Crippen LogP contribution is 2.47. The van der Waals surface area contributed by atoms with Gasteiger partial charge in [0, 0.05) is 5.41 Å². The van der Waals surface area contributed by atoms with Crippen molar-refractivity contribution in [3.8, 4) is 11.1 Å². The predicted octanol–water partition coefficient (Wildman–Crippen LogP) is 7.56. The summed E-state index contributed by atoms with van der Waals surface area (Å²) < 4.78 is 0. The molecule has 0 aliphatic heterocycles. The van der Waals surface area contributed by atoms with Crippen LogP contribution >= 0.6 is 0 Å². The van der Waals surface area contributed by atoms with Crippen molar-refractivity contribution < 1.29 is 0 Å². The van der Waals surface area contributed by atoms with E-state index in [1.165, 1.54) is 22.3 Å². The summed E-state index contributed by atoms with van der Waals surface area (Å²) in [6.45, 7) is 8.61. The summed E-state index contributed by atoms with van der Waals surface area (Å²) >= 11 is 0. The normalized spacial score (nSPS) is 11.6. The summed E-state index contributed by atoms with van der Waals surface area (Å²) in [7, 11) is 0. The van der Waals surface area contributed by atoms with Crippen LogP contribution in [0.4, 0.5) is 0 Å². The molecule has 0 heterocycles. The molecule has 0 atom stereocenters. The van der Waals surface area contributed by atoms with Crippen LogP contribution in [0.5, 0.6) is 0 Å². The van der Waals surface area contributed by atoms with E-state index in [1.54, 1.807) is 0 Å². The molecule has 0 spiro atoms. The fourth-order valence-electron chi connectivity index (χ4n) is 2.67. The number of fused-ring (bicyclic) bond motifs is 3. The Kier molecular flexibility index (Phi) is 10.9. The Hall–Kier alpha value is -1.56. The summed E-state index contributed by atoms with van der Waals surface area (Å²) in [6, 6.07) is 17.4. The average Bonchev–Trinajstić information content (AvgIpc) is 2.63. The summed E-state index contributed by atoms with van der Waals surface area (Å²) in [5.41, 5.74) is 5.86. The molecule has 3 rings (SSSR count). The monoisotopic (exact) mass is 288 g/mol. The minimum Gasteiger partial charge on any atom is -0.0776 e. The molecule has 21 heavy (non-hydrogen) atoms. The fourth-order valence-corrected chi connectivity index (χ4v) is 2.67. The maximum Gasteiger partial charge on any atom is 0.0158 e. The zero-order valence-corrected chi connectivity index (χ0v) is 11.1. The summed E-state index contributed by atoms with van der Waals surface area (Å²) in [5.74, 6) is 0. The molecule has 0 fully saturated rings. The molecule has 0 heteroatoms. The van der Waals surface area contributed by atoms with E-state index >= 15 is 0 Å². The zero-order valence-electron chi connectivity index (χ0n) is 11.1. The molecule has 0 N–H and O–H groups in total. The van der Waals surface area contributed by atoms with Crippen LogP contribution in [0.3, 0.4) is 0 Å². The van der Waals surface area contributed by atoms with Crippen molar-refractivity contribution >= 4 is 0 Å². The van der Waals surface area contributed by atoms with Crippen molar-refractivity contribution in [2.75, 3.05) is 0 Å². The van der Waals surface area contributed by atoms with Crippen molar-refractivity contribution in [2.45, 2.75) is 62.8 Å². The average molecular weight is 289 g/mol. The highest BCUT2D eigenvalue weighted by molar-refractivity contribution is 5.80. The summed E-state index contributed by atoms with van der Waals surface area (Å²) in [4.78, 5) is 0. The van der Waals surface area contributed by atoms with Gasteiger partial charge in [0.2, 0.25) is 0 Å². The van der Waals surface area contributed by atoms with E-state index in [1.807, 2.05) is 13.8 Å². The number of rotatable bonds is 0. The largest absolute Gasteiger partial charge is 0.0776 e. The predicted molar refractivity (Wildman–Crippen MR) is 102 cm³/mol. The molecular formula is C21H36. The van der Waals surface area contributed by atoms with Gasteiger partial charge < -0.3 is 0 Å². The van der Waals surface area contributed by atoms with Crippen LogP contribution in [0.15, 0.2) is 48.5 Å². The Balaban J connectivity index is -0.000000519. The lowest BCUT2D eigenvalue weighted by Gasteiger charge is -2.20. The van der Waals surface area contributed by atoms with Gasteiger partial charge in [-0.2, -0.15) is 0 Å². The van der Waals surface area contributed by atoms with Gasteiger partial charge in [0.15, 0.2) is 0 Å². The SMILES string of the molecule is C.C.C.C.CC.CC1(C)c2ccccc2-c2ccccc21. The zero-order chi connectivity index (χ0) is 12.5. The van der Waals surface area contributed by atoms with Gasteiger partial charge in [-0.3, -0.25) is 0 Å². The summed E-state index contributed by atoms with van der Waals surface area (Å²) in [5, 5.41) is 0. The van der Waals surface area contributed by atoms with Gasteiger partial charge in [-0.15, -0.1) is 0 Å². The van der Waals surface area contributed by atoms with Gasteiger partial charge in [0.25, 0.3) is 0 Å². The van der Waals surface area contributed by atoms with Crippen LogP contribution in [0.2, 0.25) is 0 Å². The lowest BCUT2D eigenvalue weighted by Crippen LogP contribution is -2.14. The Morgan fingerprint density at radius 2 is 0.857 bits per heavy atom. The van der Waals surface area contributed by atoms with Crippen LogP contribution in [-0.4, -0.2) is 0 Å². The minimum atomic E-state index is 0.